The first-order valence-electron chi connectivity index (χ1n) is 7.27. The number of hydrogen-bond donors (Lipinski definition) is 1. The van der Waals surface area contributed by atoms with E-state index in [4.69, 9.17) is 0 Å². The number of fused-ring (bicyclic) bond motifs is 1. The SMILES string of the molecule is C=C[C@@H]1[C@H](O)[C@H](CC)[C@@H]2CCC(=O)N2[C@H]1CCC. The number of amides is 1. The van der Waals surface area contributed by atoms with Gasteiger partial charge in [-0.1, -0.05) is 26.3 Å². The van der Waals surface area contributed by atoms with Crippen molar-refractivity contribution < 1.29 is 9.90 Å². The van der Waals surface area contributed by atoms with Gasteiger partial charge in [0.2, 0.25) is 5.91 Å². The Hall–Kier alpha value is -0.830. The fraction of sp³-hybridized carbons (Fsp3) is 0.800. The van der Waals surface area contributed by atoms with Gasteiger partial charge in [0.1, 0.15) is 0 Å². The van der Waals surface area contributed by atoms with E-state index in [1.165, 1.54) is 0 Å². The molecule has 0 aromatic rings. The molecule has 0 aliphatic carbocycles. The molecule has 1 amide bonds. The molecule has 2 rings (SSSR count). The molecule has 0 aromatic heterocycles. The Balaban J connectivity index is 2.32. The van der Waals surface area contributed by atoms with E-state index in [0.717, 1.165) is 25.7 Å². The molecule has 2 aliphatic heterocycles. The molecule has 2 fully saturated rings. The molecular weight excluding hydrogens is 226 g/mol. The van der Waals surface area contributed by atoms with Crippen LogP contribution in [0.15, 0.2) is 12.7 Å². The summed E-state index contributed by atoms with van der Waals surface area (Å²) in [5.74, 6) is 0.524. The van der Waals surface area contributed by atoms with E-state index in [-0.39, 0.29) is 35.9 Å². The van der Waals surface area contributed by atoms with Gasteiger partial charge in [0.05, 0.1) is 6.10 Å². The first-order valence-corrected chi connectivity index (χ1v) is 7.27. The predicted molar refractivity (Wildman–Crippen MR) is 72.0 cm³/mol. The van der Waals surface area contributed by atoms with Crippen molar-refractivity contribution in [1.82, 2.24) is 4.90 Å². The van der Waals surface area contributed by atoms with Crippen LogP contribution in [0.3, 0.4) is 0 Å². The predicted octanol–water partition coefficient (Wildman–Crippen LogP) is 2.35. The molecule has 3 nitrogen and oxygen atoms in total. The summed E-state index contributed by atoms with van der Waals surface area (Å²) in [6, 6.07) is 0.413. The Morgan fingerprint density at radius 3 is 2.78 bits per heavy atom. The molecule has 2 saturated heterocycles. The van der Waals surface area contributed by atoms with Crippen LogP contribution in [-0.2, 0) is 4.79 Å². The molecule has 0 spiro atoms. The number of carbonyl (C=O) groups excluding carboxylic acids is 1. The third-order valence-corrected chi connectivity index (χ3v) is 4.76. The lowest BCUT2D eigenvalue weighted by atomic mass is 9.74. The van der Waals surface area contributed by atoms with E-state index in [9.17, 15) is 9.90 Å². The van der Waals surface area contributed by atoms with E-state index in [2.05, 4.69) is 25.3 Å². The molecule has 2 heterocycles. The second-order valence-corrected chi connectivity index (χ2v) is 5.64. The van der Waals surface area contributed by atoms with Crippen LogP contribution in [0.25, 0.3) is 0 Å². The third-order valence-electron chi connectivity index (χ3n) is 4.76. The van der Waals surface area contributed by atoms with E-state index < -0.39 is 0 Å². The zero-order valence-electron chi connectivity index (χ0n) is 11.5. The van der Waals surface area contributed by atoms with Crippen LogP contribution in [0.2, 0.25) is 0 Å². The fourth-order valence-electron chi connectivity index (χ4n) is 3.94. The standard InChI is InChI=1S/C15H25NO2/c1-4-7-12-10(5-2)15(18)11(6-3)13-8-9-14(17)16(12)13/h5,10-13,15,18H,2,4,6-9H2,1,3H3/t10-,11+,12-,13-,15-/m0/s1. The zero-order chi connectivity index (χ0) is 13.3. The van der Waals surface area contributed by atoms with Gasteiger partial charge in [-0.2, -0.15) is 0 Å². The van der Waals surface area contributed by atoms with Crippen molar-refractivity contribution >= 4 is 5.91 Å². The summed E-state index contributed by atoms with van der Waals surface area (Å²) in [6.45, 7) is 8.12. The maximum atomic E-state index is 12.1. The summed E-state index contributed by atoms with van der Waals surface area (Å²) in [5.41, 5.74) is 0. The van der Waals surface area contributed by atoms with Gasteiger partial charge in [-0.05, 0) is 19.3 Å². The molecule has 2 aliphatic rings. The van der Waals surface area contributed by atoms with Crippen molar-refractivity contribution in [2.24, 2.45) is 11.8 Å². The highest BCUT2D eigenvalue weighted by molar-refractivity contribution is 5.79. The quantitative estimate of drug-likeness (QED) is 0.779. The van der Waals surface area contributed by atoms with Gasteiger partial charge in [-0.3, -0.25) is 4.79 Å². The largest absolute Gasteiger partial charge is 0.392 e. The molecule has 1 N–H and O–H groups in total. The molecule has 0 bridgehead atoms. The topological polar surface area (TPSA) is 40.5 Å². The van der Waals surface area contributed by atoms with Crippen LogP contribution in [0.4, 0.5) is 0 Å². The molecule has 18 heavy (non-hydrogen) atoms. The van der Waals surface area contributed by atoms with Crippen LogP contribution in [-0.4, -0.2) is 34.1 Å². The fourth-order valence-corrected chi connectivity index (χ4v) is 3.94. The zero-order valence-corrected chi connectivity index (χ0v) is 11.5. The minimum Gasteiger partial charge on any atom is -0.392 e. The highest BCUT2D eigenvalue weighted by Gasteiger charge is 2.50. The molecule has 0 saturated carbocycles. The lowest BCUT2D eigenvalue weighted by molar-refractivity contribution is -0.141. The minimum atomic E-state index is -0.337. The summed E-state index contributed by atoms with van der Waals surface area (Å²) in [5, 5.41) is 10.5. The molecule has 102 valence electrons. The van der Waals surface area contributed by atoms with Crippen LogP contribution in [0, 0.1) is 11.8 Å². The number of hydrogen-bond acceptors (Lipinski definition) is 2. The Morgan fingerprint density at radius 1 is 1.50 bits per heavy atom. The minimum absolute atomic E-state index is 0.0354. The summed E-state index contributed by atoms with van der Waals surface area (Å²) >= 11 is 0. The molecule has 0 unspecified atom stereocenters. The summed E-state index contributed by atoms with van der Waals surface area (Å²) in [7, 11) is 0. The number of aliphatic hydroxyl groups is 1. The van der Waals surface area contributed by atoms with E-state index >= 15 is 0 Å². The van der Waals surface area contributed by atoms with Crippen molar-refractivity contribution in [2.75, 3.05) is 0 Å². The monoisotopic (exact) mass is 251 g/mol. The molecule has 5 atom stereocenters. The number of carbonyl (C=O) groups is 1. The molecule has 0 radical (unpaired) electrons. The average molecular weight is 251 g/mol. The van der Waals surface area contributed by atoms with Crippen molar-refractivity contribution in [2.45, 2.75) is 64.1 Å². The highest BCUT2D eigenvalue weighted by atomic mass is 16.3. The maximum Gasteiger partial charge on any atom is 0.223 e. The Bertz CT molecular complexity index is 328. The van der Waals surface area contributed by atoms with Crippen molar-refractivity contribution in [1.29, 1.82) is 0 Å². The Kier molecular flexibility index (Phi) is 4.10. The van der Waals surface area contributed by atoms with Crippen molar-refractivity contribution in [3.63, 3.8) is 0 Å². The van der Waals surface area contributed by atoms with E-state index in [1.807, 2.05) is 6.08 Å². The summed E-state index contributed by atoms with van der Waals surface area (Å²) < 4.78 is 0. The number of rotatable bonds is 4. The number of piperidine rings is 1. The second kappa shape index (κ2) is 5.43. The van der Waals surface area contributed by atoms with E-state index in [0.29, 0.717) is 6.42 Å². The lowest BCUT2D eigenvalue weighted by Crippen LogP contribution is -2.59. The highest BCUT2D eigenvalue weighted by Crippen LogP contribution is 2.42. The van der Waals surface area contributed by atoms with Gasteiger partial charge >= 0.3 is 0 Å². The normalized spacial score (nSPS) is 39.8. The smallest absolute Gasteiger partial charge is 0.223 e. The summed E-state index contributed by atoms with van der Waals surface area (Å²) in [6.07, 6.45) is 6.02. The van der Waals surface area contributed by atoms with E-state index in [1.54, 1.807) is 0 Å². The van der Waals surface area contributed by atoms with Crippen LogP contribution in [0.5, 0.6) is 0 Å². The Morgan fingerprint density at radius 2 is 2.22 bits per heavy atom. The van der Waals surface area contributed by atoms with Gasteiger partial charge in [0.15, 0.2) is 0 Å². The second-order valence-electron chi connectivity index (χ2n) is 5.64. The van der Waals surface area contributed by atoms with Gasteiger partial charge in [0, 0.05) is 30.3 Å². The van der Waals surface area contributed by atoms with Crippen molar-refractivity contribution in [3.8, 4) is 0 Å². The van der Waals surface area contributed by atoms with Gasteiger partial charge < -0.3 is 10.0 Å². The van der Waals surface area contributed by atoms with Gasteiger partial charge in [-0.25, -0.2) is 0 Å². The first-order chi connectivity index (χ1) is 8.65. The van der Waals surface area contributed by atoms with Crippen LogP contribution < -0.4 is 0 Å². The first kappa shape index (κ1) is 13.6. The molecule has 3 heteroatoms. The average Bonchev–Trinajstić information content (AvgIpc) is 2.72. The maximum absolute atomic E-state index is 12.1. The lowest BCUT2D eigenvalue weighted by Gasteiger charge is -2.49. The number of aliphatic hydroxyl groups excluding tert-OH is 1. The molecular formula is C15H25NO2. The van der Waals surface area contributed by atoms with Crippen molar-refractivity contribution in [3.05, 3.63) is 12.7 Å². The van der Waals surface area contributed by atoms with Gasteiger partial charge in [0.25, 0.3) is 0 Å². The molecule has 0 aromatic carbocycles. The van der Waals surface area contributed by atoms with Gasteiger partial charge in [-0.15, -0.1) is 6.58 Å². The third kappa shape index (κ3) is 1.99. The van der Waals surface area contributed by atoms with Crippen LogP contribution >= 0.6 is 0 Å². The number of nitrogens with zero attached hydrogens (tertiary/aromatic N) is 1. The Labute approximate surface area is 110 Å². The van der Waals surface area contributed by atoms with Crippen LogP contribution in [0.1, 0.15) is 46.0 Å². The summed E-state index contributed by atoms with van der Waals surface area (Å²) in [4.78, 5) is 14.2.